The van der Waals surface area contributed by atoms with Crippen LogP contribution in [0, 0.1) is 0 Å². The largest absolute Gasteiger partial charge is 0.309 e. The zero-order valence-corrected chi connectivity index (χ0v) is 23.7. The van der Waals surface area contributed by atoms with E-state index in [1.807, 2.05) is 22.7 Å². The van der Waals surface area contributed by atoms with E-state index < -0.39 is 0 Å². The zero-order chi connectivity index (χ0) is 26.9. The molecule has 1 nitrogen and oxygen atoms in total. The summed E-state index contributed by atoms with van der Waals surface area (Å²) in [5.74, 6) is 0. The molecule has 0 aliphatic rings. The van der Waals surface area contributed by atoms with E-state index in [9.17, 15) is 0 Å². The molecule has 3 heteroatoms. The zero-order valence-electron chi connectivity index (χ0n) is 22.0. The summed E-state index contributed by atoms with van der Waals surface area (Å²) in [5, 5.41) is 10.5. The first kappa shape index (κ1) is 23.0. The van der Waals surface area contributed by atoms with Crippen LogP contribution in [0.2, 0.25) is 0 Å². The van der Waals surface area contributed by atoms with Gasteiger partial charge in [0.25, 0.3) is 0 Å². The molecule has 7 aromatic carbocycles. The minimum atomic E-state index is 1.16. The van der Waals surface area contributed by atoms with Crippen molar-refractivity contribution in [2.45, 2.75) is 0 Å². The van der Waals surface area contributed by atoms with Gasteiger partial charge in [-0.2, -0.15) is 0 Å². The highest BCUT2D eigenvalue weighted by atomic mass is 32.1. The summed E-state index contributed by atoms with van der Waals surface area (Å²) >= 11 is 3.81. The summed E-state index contributed by atoms with van der Waals surface area (Å²) in [6.07, 6.45) is 0. The number of fused-ring (bicyclic) bond motifs is 10. The fraction of sp³-hybridized carbons (Fsp3) is 0. The Labute approximate surface area is 245 Å². The summed E-state index contributed by atoms with van der Waals surface area (Å²) in [4.78, 5) is 2.43. The van der Waals surface area contributed by atoms with Crippen molar-refractivity contribution in [1.82, 2.24) is 0 Å². The van der Waals surface area contributed by atoms with Crippen molar-refractivity contribution in [1.29, 1.82) is 0 Å². The number of nitrogens with zero attached hydrogens (tertiary/aromatic N) is 1. The highest BCUT2D eigenvalue weighted by Crippen LogP contribution is 2.49. The maximum atomic E-state index is 2.43. The van der Waals surface area contributed by atoms with Gasteiger partial charge in [0.05, 0.1) is 10.4 Å². The Morgan fingerprint density at radius 1 is 0.390 bits per heavy atom. The molecule has 0 fully saturated rings. The third-order valence-corrected chi connectivity index (χ3v) is 10.6. The molecule has 0 radical (unpaired) electrons. The second-order valence-corrected chi connectivity index (χ2v) is 12.6. The Morgan fingerprint density at radius 3 is 2.02 bits per heavy atom. The summed E-state index contributed by atoms with van der Waals surface area (Å²) in [5.41, 5.74) is 3.53. The first-order valence-electron chi connectivity index (χ1n) is 13.9. The third kappa shape index (κ3) is 3.46. The van der Waals surface area contributed by atoms with Crippen molar-refractivity contribution in [3.05, 3.63) is 140 Å². The highest BCUT2D eigenvalue weighted by Gasteiger charge is 2.20. The highest BCUT2D eigenvalue weighted by molar-refractivity contribution is 7.30. The minimum absolute atomic E-state index is 1.16. The van der Waals surface area contributed by atoms with Gasteiger partial charge in [-0.05, 0) is 64.0 Å². The van der Waals surface area contributed by atoms with Gasteiger partial charge in [-0.1, -0.05) is 97.1 Å². The van der Waals surface area contributed by atoms with Gasteiger partial charge in [-0.25, -0.2) is 0 Å². The summed E-state index contributed by atoms with van der Waals surface area (Å²) in [7, 11) is 0. The molecule has 9 rings (SSSR count). The average molecular weight is 558 g/mol. The van der Waals surface area contributed by atoms with Crippen LogP contribution in [0.3, 0.4) is 0 Å². The summed E-state index contributed by atoms with van der Waals surface area (Å²) in [6.45, 7) is 0. The maximum absolute atomic E-state index is 2.43. The summed E-state index contributed by atoms with van der Waals surface area (Å²) < 4.78 is 5.39. The standard InChI is InChI=1S/C38H23NS2/c1-2-10-26(11-3-1)39(27-19-20-29-25(23-27)18-17-24-9-4-5-12-28(24)29)33-15-8-14-30-31-21-22-35-36(38(31)41-37(30)33)32-13-6-7-16-34(32)40-35/h1-23H. The van der Waals surface area contributed by atoms with Gasteiger partial charge in [-0.3, -0.25) is 0 Å². The molecule has 0 saturated heterocycles. The van der Waals surface area contributed by atoms with E-state index in [1.54, 1.807) is 0 Å². The molecule has 0 amide bonds. The molecule has 0 unspecified atom stereocenters. The average Bonchev–Trinajstić information content (AvgIpc) is 3.60. The number of thiophene rings is 2. The second kappa shape index (κ2) is 8.90. The van der Waals surface area contributed by atoms with Crippen LogP contribution >= 0.6 is 22.7 Å². The molecule has 2 heterocycles. The van der Waals surface area contributed by atoms with E-state index in [2.05, 4.69) is 144 Å². The number of rotatable bonds is 3. The van der Waals surface area contributed by atoms with Gasteiger partial charge >= 0.3 is 0 Å². The fourth-order valence-electron chi connectivity index (χ4n) is 6.37. The fourth-order valence-corrected chi connectivity index (χ4v) is 8.91. The number of benzene rings is 7. The molecule has 2 aromatic heterocycles. The Kier molecular flexibility index (Phi) is 5.00. The lowest BCUT2D eigenvalue weighted by Gasteiger charge is -2.26. The van der Waals surface area contributed by atoms with Gasteiger partial charge in [0.15, 0.2) is 0 Å². The normalized spacial score (nSPS) is 11.9. The van der Waals surface area contributed by atoms with Crippen LogP contribution < -0.4 is 4.90 Å². The van der Waals surface area contributed by atoms with Crippen LogP contribution in [0.4, 0.5) is 17.1 Å². The maximum Gasteiger partial charge on any atom is 0.0640 e. The predicted molar refractivity (Wildman–Crippen MR) is 182 cm³/mol. The van der Waals surface area contributed by atoms with Crippen molar-refractivity contribution in [2.75, 3.05) is 4.90 Å². The van der Waals surface area contributed by atoms with Crippen LogP contribution in [-0.2, 0) is 0 Å². The molecule has 0 aliphatic carbocycles. The lowest BCUT2D eigenvalue weighted by atomic mass is 10.0. The van der Waals surface area contributed by atoms with Crippen LogP contribution in [0.5, 0.6) is 0 Å². The Bertz CT molecular complexity index is 2430. The molecular formula is C38H23NS2. The predicted octanol–water partition coefficient (Wildman–Crippen LogP) is 12.2. The van der Waals surface area contributed by atoms with Crippen LogP contribution in [-0.4, -0.2) is 0 Å². The van der Waals surface area contributed by atoms with E-state index in [-0.39, 0.29) is 0 Å². The van der Waals surface area contributed by atoms with E-state index in [0.717, 1.165) is 11.4 Å². The summed E-state index contributed by atoms with van der Waals surface area (Å²) in [6, 6.07) is 51.0. The molecule has 0 N–H and O–H groups in total. The molecule has 41 heavy (non-hydrogen) atoms. The Balaban J connectivity index is 1.33. The number of anilines is 3. The quantitative estimate of drug-likeness (QED) is 0.195. The molecular weight excluding hydrogens is 535 g/mol. The van der Waals surface area contributed by atoms with Crippen molar-refractivity contribution >= 4 is 102 Å². The van der Waals surface area contributed by atoms with Crippen LogP contribution in [0.25, 0.3) is 61.9 Å². The van der Waals surface area contributed by atoms with Crippen molar-refractivity contribution in [2.24, 2.45) is 0 Å². The second-order valence-electron chi connectivity index (χ2n) is 10.5. The van der Waals surface area contributed by atoms with E-state index in [0.29, 0.717) is 0 Å². The SMILES string of the molecule is c1ccc(N(c2ccc3c(ccc4ccccc43)c2)c2cccc3c2sc2c3ccc3sc4ccccc4c32)cc1. The Morgan fingerprint density at radius 2 is 1.10 bits per heavy atom. The smallest absolute Gasteiger partial charge is 0.0640 e. The Hall–Kier alpha value is -4.70. The van der Waals surface area contributed by atoms with Gasteiger partial charge in [0, 0.05) is 47.0 Å². The van der Waals surface area contributed by atoms with E-state index >= 15 is 0 Å². The molecule has 192 valence electrons. The minimum Gasteiger partial charge on any atom is -0.309 e. The third-order valence-electron chi connectivity index (χ3n) is 8.23. The van der Waals surface area contributed by atoms with Crippen molar-refractivity contribution in [3.8, 4) is 0 Å². The lowest BCUT2D eigenvalue weighted by Crippen LogP contribution is -2.09. The van der Waals surface area contributed by atoms with Gasteiger partial charge < -0.3 is 4.90 Å². The number of hydrogen-bond acceptors (Lipinski definition) is 3. The topological polar surface area (TPSA) is 3.24 Å². The van der Waals surface area contributed by atoms with Gasteiger partial charge in [0.1, 0.15) is 0 Å². The molecule has 0 spiro atoms. The van der Waals surface area contributed by atoms with Gasteiger partial charge in [0.2, 0.25) is 0 Å². The number of para-hydroxylation sites is 1. The van der Waals surface area contributed by atoms with E-state index in [4.69, 9.17) is 0 Å². The van der Waals surface area contributed by atoms with Crippen LogP contribution in [0.1, 0.15) is 0 Å². The molecule has 9 aromatic rings. The molecule has 0 saturated carbocycles. The van der Waals surface area contributed by atoms with Gasteiger partial charge in [-0.15, -0.1) is 22.7 Å². The molecule has 0 aliphatic heterocycles. The monoisotopic (exact) mass is 557 g/mol. The number of hydrogen-bond donors (Lipinski definition) is 0. The first-order chi connectivity index (χ1) is 20.3. The van der Waals surface area contributed by atoms with Crippen molar-refractivity contribution in [3.63, 3.8) is 0 Å². The van der Waals surface area contributed by atoms with E-state index in [1.165, 1.54) is 67.6 Å². The lowest BCUT2D eigenvalue weighted by molar-refractivity contribution is 1.31. The van der Waals surface area contributed by atoms with Crippen molar-refractivity contribution < 1.29 is 0 Å². The molecule has 0 atom stereocenters. The first-order valence-corrected chi connectivity index (χ1v) is 15.5. The van der Waals surface area contributed by atoms with Crippen LogP contribution in [0.15, 0.2) is 140 Å². The molecule has 0 bridgehead atoms.